The first-order valence-corrected chi connectivity index (χ1v) is 9.99. The van der Waals surface area contributed by atoms with Gasteiger partial charge in [0.15, 0.2) is 11.7 Å². The number of guanidine groups is 1. The fourth-order valence-electron chi connectivity index (χ4n) is 4.23. The van der Waals surface area contributed by atoms with E-state index >= 15 is 0 Å². The fraction of sp³-hybridized carbons (Fsp3) is 0.700. The van der Waals surface area contributed by atoms with Crippen LogP contribution in [-0.2, 0) is 0 Å². The number of carbonyl (C=O) groups is 1. The van der Waals surface area contributed by atoms with Gasteiger partial charge in [0.2, 0.25) is 0 Å². The predicted octanol–water partition coefficient (Wildman–Crippen LogP) is 2.94. The molecule has 1 spiro atoms. The summed E-state index contributed by atoms with van der Waals surface area (Å²) in [4.78, 5) is 19.2. The Hall–Kier alpha value is -1.98. The number of aliphatic imine (C=N–C) groups is 1. The first-order chi connectivity index (χ1) is 12.6. The number of rotatable bonds is 6. The molecule has 6 heteroatoms. The second-order valence-electron chi connectivity index (χ2n) is 7.66. The van der Waals surface area contributed by atoms with Gasteiger partial charge in [-0.3, -0.25) is 9.79 Å². The Balaban J connectivity index is 1.44. The lowest BCUT2D eigenvalue weighted by atomic mass is 9.86. The van der Waals surface area contributed by atoms with Gasteiger partial charge in [0, 0.05) is 38.3 Å². The molecule has 2 fully saturated rings. The van der Waals surface area contributed by atoms with Gasteiger partial charge in [-0.05, 0) is 51.0 Å². The van der Waals surface area contributed by atoms with E-state index in [-0.39, 0.29) is 5.91 Å². The van der Waals surface area contributed by atoms with Gasteiger partial charge >= 0.3 is 0 Å². The zero-order valence-corrected chi connectivity index (χ0v) is 16.1. The zero-order valence-electron chi connectivity index (χ0n) is 16.1. The van der Waals surface area contributed by atoms with Gasteiger partial charge < -0.3 is 20.0 Å². The highest BCUT2D eigenvalue weighted by molar-refractivity contribution is 5.92. The number of aryl methyl sites for hydroxylation is 1. The molecular weight excluding hydrogens is 328 g/mol. The predicted molar refractivity (Wildman–Crippen MR) is 103 cm³/mol. The monoisotopic (exact) mass is 360 g/mol. The van der Waals surface area contributed by atoms with Gasteiger partial charge in [0.1, 0.15) is 0 Å². The molecule has 1 aliphatic carbocycles. The Morgan fingerprint density at radius 1 is 1.31 bits per heavy atom. The lowest BCUT2D eigenvalue weighted by Gasteiger charge is -2.26. The van der Waals surface area contributed by atoms with Crippen LogP contribution < -0.4 is 10.6 Å². The van der Waals surface area contributed by atoms with Crippen molar-refractivity contribution < 1.29 is 9.21 Å². The molecule has 26 heavy (non-hydrogen) atoms. The number of carbonyl (C=O) groups excluding carboxylic acids is 1. The molecule has 1 saturated carbocycles. The quantitative estimate of drug-likeness (QED) is 0.465. The summed E-state index contributed by atoms with van der Waals surface area (Å²) in [5.41, 5.74) is 1.41. The summed E-state index contributed by atoms with van der Waals surface area (Å²) >= 11 is 0. The molecule has 1 aromatic rings. The highest BCUT2D eigenvalue weighted by Crippen LogP contribution is 2.45. The number of hydrogen-bond donors (Lipinski definition) is 2. The molecule has 1 aromatic heterocycles. The summed E-state index contributed by atoms with van der Waals surface area (Å²) in [6.07, 6.45) is 9.19. The van der Waals surface area contributed by atoms with E-state index in [4.69, 9.17) is 9.41 Å². The van der Waals surface area contributed by atoms with Gasteiger partial charge in [-0.1, -0.05) is 12.8 Å². The average molecular weight is 361 g/mol. The lowest BCUT2D eigenvalue weighted by Crippen LogP contribution is -2.41. The van der Waals surface area contributed by atoms with Gasteiger partial charge in [-0.2, -0.15) is 0 Å². The Kier molecular flexibility index (Phi) is 6.22. The van der Waals surface area contributed by atoms with Gasteiger partial charge in [-0.15, -0.1) is 0 Å². The minimum absolute atomic E-state index is 0.147. The topological polar surface area (TPSA) is 69.9 Å². The van der Waals surface area contributed by atoms with Gasteiger partial charge in [-0.25, -0.2) is 0 Å². The first-order valence-electron chi connectivity index (χ1n) is 9.99. The Labute approximate surface area is 156 Å². The van der Waals surface area contributed by atoms with E-state index in [9.17, 15) is 4.79 Å². The number of amides is 1. The molecule has 2 aliphatic rings. The fourth-order valence-corrected chi connectivity index (χ4v) is 4.23. The van der Waals surface area contributed by atoms with E-state index in [1.807, 2.05) is 6.92 Å². The van der Waals surface area contributed by atoms with E-state index in [0.29, 0.717) is 24.3 Å². The minimum atomic E-state index is -0.147. The van der Waals surface area contributed by atoms with Crippen LogP contribution in [0, 0.1) is 12.3 Å². The van der Waals surface area contributed by atoms with Crippen molar-refractivity contribution in [2.75, 3.05) is 32.7 Å². The molecule has 0 bridgehead atoms. The normalized spacial score (nSPS) is 19.3. The highest BCUT2D eigenvalue weighted by Gasteiger charge is 2.41. The van der Waals surface area contributed by atoms with Crippen LogP contribution in [0.2, 0.25) is 0 Å². The first kappa shape index (κ1) is 18.8. The standard InChI is InChI=1S/C20H32N4O2/c1-3-21-19(24-13-10-20(15-24)8-4-5-9-20)23-12-6-11-22-18(25)17-16(2)7-14-26-17/h7,14H,3-6,8-13,15H2,1-2H3,(H,21,23)(H,22,25). The Morgan fingerprint density at radius 3 is 2.81 bits per heavy atom. The molecule has 1 amide bonds. The molecule has 0 atom stereocenters. The van der Waals surface area contributed by atoms with Crippen molar-refractivity contribution in [3.8, 4) is 0 Å². The molecule has 0 radical (unpaired) electrons. The van der Waals surface area contributed by atoms with Crippen molar-refractivity contribution in [1.82, 2.24) is 15.5 Å². The third-order valence-electron chi connectivity index (χ3n) is 5.69. The minimum Gasteiger partial charge on any atom is -0.459 e. The summed E-state index contributed by atoms with van der Waals surface area (Å²) in [5.74, 6) is 1.29. The summed E-state index contributed by atoms with van der Waals surface area (Å²) in [5, 5.41) is 6.34. The van der Waals surface area contributed by atoms with Crippen LogP contribution >= 0.6 is 0 Å². The molecule has 3 rings (SSSR count). The molecule has 0 aromatic carbocycles. The van der Waals surface area contributed by atoms with Crippen LogP contribution in [-0.4, -0.2) is 49.5 Å². The van der Waals surface area contributed by atoms with Crippen LogP contribution in [0.1, 0.15) is 61.6 Å². The average Bonchev–Trinajstić information content (AvgIpc) is 3.36. The SMILES string of the molecule is CCNC(=NCCCNC(=O)c1occc1C)N1CCC2(CCCC2)C1. The maximum absolute atomic E-state index is 12.0. The van der Waals surface area contributed by atoms with Gasteiger partial charge in [0.05, 0.1) is 6.26 Å². The summed E-state index contributed by atoms with van der Waals surface area (Å²) < 4.78 is 5.21. The van der Waals surface area contributed by atoms with Crippen molar-refractivity contribution in [2.45, 2.75) is 52.4 Å². The van der Waals surface area contributed by atoms with E-state index in [0.717, 1.165) is 37.6 Å². The molecular formula is C20H32N4O2. The molecule has 2 heterocycles. The van der Waals surface area contributed by atoms with Crippen LogP contribution in [0.5, 0.6) is 0 Å². The molecule has 1 aliphatic heterocycles. The second-order valence-corrected chi connectivity index (χ2v) is 7.66. The smallest absolute Gasteiger partial charge is 0.287 e. The largest absolute Gasteiger partial charge is 0.459 e. The molecule has 2 N–H and O–H groups in total. The van der Waals surface area contributed by atoms with Crippen LogP contribution in [0.15, 0.2) is 21.7 Å². The van der Waals surface area contributed by atoms with Gasteiger partial charge in [0.25, 0.3) is 5.91 Å². The number of nitrogens with zero attached hydrogens (tertiary/aromatic N) is 2. The zero-order chi connectivity index (χ0) is 18.4. The maximum Gasteiger partial charge on any atom is 0.287 e. The molecule has 6 nitrogen and oxygen atoms in total. The number of nitrogens with one attached hydrogen (secondary N) is 2. The van der Waals surface area contributed by atoms with E-state index in [1.54, 1.807) is 12.3 Å². The Morgan fingerprint density at radius 2 is 2.12 bits per heavy atom. The Bertz CT molecular complexity index is 632. The molecule has 144 valence electrons. The third kappa shape index (κ3) is 4.40. The maximum atomic E-state index is 12.0. The summed E-state index contributed by atoms with van der Waals surface area (Å²) in [6, 6.07) is 1.80. The van der Waals surface area contributed by atoms with Crippen molar-refractivity contribution in [1.29, 1.82) is 0 Å². The van der Waals surface area contributed by atoms with E-state index in [2.05, 4.69) is 22.5 Å². The van der Waals surface area contributed by atoms with E-state index < -0.39 is 0 Å². The number of hydrogen-bond acceptors (Lipinski definition) is 3. The lowest BCUT2D eigenvalue weighted by molar-refractivity contribution is 0.0925. The second kappa shape index (κ2) is 8.60. The third-order valence-corrected chi connectivity index (χ3v) is 5.69. The number of furan rings is 1. The molecule has 1 saturated heterocycles. The van der Waals surface area contributed by atoms with Crippen molar-refractivity contribution >= 4 is 11.9 Å². The van der Waals surface area contributed by atoms with Crippen molar-refractivity contribution in [3.63, 3.8) is 0 Å². The van der Waals surface area contributed by atoms with Crippen molar-refractivity contribution in [2.24, 2.45) is 10.4 Å². The highest BCUT2D eigenvalue weighted by atomic mass is 16.3. The van der Waals surface area contributed by atoms with Crippen LogP contribution in [0.3, 0.4) is 0 Å². The van der Waals surface area contributed by atoms with Crippen LogP contribution in [0.4, 0.5) is 0 Å². The van der Waals surface area contributed by atoms with E-state index in [1.165, 1.54) is 32.1 Å². The van der Waals surface area contributed by atoms with Crippen molar-refractivity contribution in [3.05, 3.63) is 23.7 Å². The van der Waals surface area contributed by atoms with Crippen LogP contribution in [0.25, 0.3) is 0 Å². The molecule has 0 unspecified atom stereocenters. The number of likely N-dealkylation sites (tertiary alicyclic amines) is 1. The summed E-state index contributed by atoms with van der Waals surface area (Å²) in [6.45, 7) is 8.45. The summed E-state index contributed by atoms with van der Waals surface area (Å²) in [7, 11) is 0.